The molecule has 1 aromatic heterocycles. The third-order valence-electron chi connectivity index (χ3n) is 3.42. The molecule has 1 saturated heterocycles. The first-order valence-corrected chi connectivity index (χ1v) is 6.67. The lowest BCUT2D eigenvalue weighted by Crippen LogP contribution is -2.50. The molecule has 1 N–H and O–H groups in total. The largest absolute Gasteiger partial charge is 0.465 e. The number of aliphatic hydroxyl groups excluding tert-OH is 1. The Hall–Kier alpha value is -0.360. The Morgan fingerprint density at radius 1 is 1.53 bits per heavy atom. The highest BCUT2D eigenvalue weighted by Gasteiger charge is 2.26. The van der Waals surface area contributed by atoms with Crippen LogP contribution < -0.4 is 0 Å². The second kappa shape index (κ2) is 5.52. The van der Waals surface area contributed by atoms with Crippen molar-refractivity contribution in [3.8, 4) is 0 Å². The van der Waals surface area contributed by atoms with Gasteiger partial charge in [-0.3, -0.25) is 0 Å². The minimum atomic E-state index is -0.543. The molecule has 2 atom stereocenters. The second-order valence-corrected chi connectivity index (χ2v) is 5.64. The summed E-state index contributed by atoms with van der Waals surface area (Å²) < 4.78 is 6.14. The van der Waals surface area contributed by atoms with Crippen LogP contribution in [-0.4, -0.2) is 54.7 Å². The van der Waals surface area contributed by atoms with E-state index >= 15 is 0 Å². The molecule has 1 aromatic rings. The van der Waals surface area contributed by atoms with Crippen molar-refractivity contribution in [1.82, 2.24) is 9.80 Å². The van der Waals surface area contributed by atoms with Crippen LogP contribution in [0.4, 0.5) is 0 Å². The van der Waals surface area contributed by atoms with Gasteiger partial charge in [-0.05, 0) is 42.5 Å². The van der Waals surface area contributed by atoms with Crippen molar-refractivity contribution >= 4 is 15.9 Å². The number of hydrogen-bond acceptors (Lipinski definition) is 4. The molecule has 0 spiro atoms. The van der Waals surface area contributed by atoms with E-state index < -0.39 is 6.10 Å². The van der Waals surface area contributed by atoms with E-state index in [4.69, 9.17) is 4.42 Å². The molecule has 5 heteroatoms. The van der Waals surface area contributed by atoms with Gasteiger partial charge >= 0.3 is 0 Å². The molecule has 2 heterocycles. The standard InChI is InChI=1S/C12H19BrN2O2/c1-14-4-5-15(2)9(8-14)7-11(16)12-10(13)3-6-17-12/h3,6,9,11,16H,4-5,7-8H2,1-2H3. The monoisotopic (exact) mass is 302 g/mol. The van der Waals surface area contributed by atoms with Crippen molar-refractivity contribution in [1.29, 1.82) is 0 Å². The Kier molecular flexibility index (Phi) is 4.25. The fourth-order valence-corrected chi connectivity index (χ4v) is 2.73. The maximum absolute atomic E-state index is 10.2. The van der Waals surface area contributed by atoms with Gasteiger partial charge in [-0.25, -0.2) is 0 Å². The molecule has 0 bridgehead atoms. The first kappa shape index (κ1) is 13.1. The molecular formula is C12H19BrN2O2. The molecule has 1 fully saturated rings. The fraction of sp³-hybridized carbons (Fsp3) is 0.667. The number of halogens is 1. The maximum Gasteiger partial charge on any atom is 0.146 e. The average Bonchev–Trinajstić information content (AvgIpc) is 2.70. The van der Waals surface area contributed by atoms with E-state index in [0.29, 0.717) is 18.2 Å². The summed E-state index contributed by atoms with van der Waals surface area (Å²) in [6.07, 6.45) is 1.75. The van der Waals surface area contributed by atoms with Crippen LogP contribution in [0.25, 0.3) is 0 Å². The quantitative estimate of drug-likeness (QED) is 0.923. The number of likely N-dealkylation sites (N-methyl/N-ethyl adjacent to an activating group) is 2. The van der Waals surface area contributed by atoms with Gasteiger partial charge in [-0.2, -0.15) is 0 Å². The zero-order valence-electron chi connectivity index (χ0n) is 10.3. The predicted octanol–water partition coefficient (Wildman–Crippen LogP) is 1.71. The van der Waals surface area contributed by atoms with Crippen LogP contribution >= 0.6 is 15.9 Å². The topological polar surface area (TPSA) is 39.9 Å². The number of aliphatic hydroxyl groups is 1. The molecule has 1 aliphatic heterocycles. The van der Waals surface area contributed by atoms with Gasteiger partial charge in [0.05, 0.1) is 10.7 Å². The third-order valence-corrected chi connectivity index (χ3v) is 4.08. The highest BCUT2D eigenvalue weighted by Crippen LogP contribution is 2.28. The highest BCUT2D eigenvalue weighted by molar-refractivity contribution is 9.10. The Morgan fingerprint density at radius 2 is 2.29 bits per heavy atom. The lowest BCUT2D eigenvalue weighted by Gasteiger charge is -2.38. The van der Waals surface area contributed by atoms with E-state index in [1.807, 2.05) is 6.07 Å². The predicted molar refractivity (Wildman–Crippen MR) is 69.9 cm³/mol. The van der Waals surface area contributed by atoms with Crippen molar-refractivity contribution < 1.29 is 9.52 Å². The Morgan fingerprint density at radius 3 is 2.94 bits per heavy atom. The maximum atomic E-state index is 10.2. The molecule has 0 radical (unpaired) electrons. The Bertz CT molecular complexity index is 369. The van der Waals surface area contributed by atoms with Gasteiger partial charge in [0.1, 0.15) is 11.9 Å². The van der Waals surface area contributed by atoms with Crippen LogP contribution in [0.5, 0.6) is 0 Å². The normalized spacial score (nSPS) is 25.1. The second-order valence-electron chi connectivity index (χ2n) is 4.78. The van der Waals surface area contributed by atoms with Gasteiger partial charge in [0.15, 0.2) is 0 Å². The Labute approximate surface area is 110 Å². The molecule has 4 nitrogen and oxygen atoms in total. The lowest BCUT2D eigenvalue weighted by molar-refractivity contribution is 0.0544. The first-order chi connectivity index (χ1) is 8.08. The van der Waals surface area contributed by atoms with Gasteiger partial charge in [0, 0.05) is 25.7 Å². The molecule has 0 amide bonds. The third kappa shape index (κ3) is 3.10. The van der Waals surface area contributed by atoms with Gasteiger partial charge in [0.2, 0.25) is 0 Å². The summed E-state index contributed by atoms with van der Waals surface area (Å²) in [6.45, 7) is 3.13. The number of hydrogen-bond donors (Lipinski definition) is 1. The fourth-order valence-electron chi connectivity index (χ4n) is 2.26. The van der Waals surface area contributed by atoms with E-state index in [-0.39, 0.29) is 0 Å². The molecular weight excluding hydrogens is 284 g/mol. The SMILES string of the molecule is CN1CCN(C)C(CC(O)c2occc2Br)C1. The molecule has 2 rings (SSSR count). The molecule has 0 aliphatic carbocycles. The molecule has 1 aliphatic rings. The van der Waals surface area contributed by atoms with E-state index in [9.17, 15) is 5.11 Å². The van der Waals surface area contributed by atoms with Gasteiger partial charge in [-0.1, -0.05) is 0 Å². The summed E-state index contributed by atoms with van der Waals surface area (Å²) in [5.41, 5.74) is 0. The zero-order chi connectivity index (χ0) is 12.4. The minimum Gasteiger partial charge on any atom is -0.465 e. The summed E-state index contributed by atoms with van der Waals surface area (Å²) >= 11 is 3.38. The molecule has 2 unspecified atom stereocenters. The first-order valence-electron chi connectivity index (χ1n) is 5.87. The van der Waals surface area contributed by atoms with Crippen LogP contribution in [-0.2, 0) is 0 Å². The van der Waals surface area contributed by atoms with Crippen molar-refractivity contribution in [2.45, 2.75) is 18.6 Å². The zero-order valence-corrected chi connectivity index (χ0v) is 11.9. The molecule has 96 valence electrons. The lowest BCUT2D eigenvalue weighted by atomic mass is 10.0. The summed E-state index contributed by atoms with van der Waals surface area (Å²) in [7, 11) is 4.23. The van der Waals surface area contributed by atoms with Crippen LogP contribution in [0.2, 0.25) is 0 Å². The summed E-state index contributed by atoms with van der Waals surface area (Å²) in [5.74, 6) is 0.631. The van der Waals surface area contributed by atoms with Crippen LogP contribution in [0, 0.1) is 0 Å². The van der Waals surface area contributed by atoms with Crippen LogP contribution in [0.15, 0.2) is 21.2 Å². The summed E-state index contributed by atoms with van der Waals surface area (Å²) in [6, 6.07) is 2.19. The molecule has 17 heavy (non-hydrogen) atoms. The molecule has 0 aromatic carbocycles. The number of piperazine rings is 1. The van der Waals surface area contributed by atoms with Crippen molar-refractivity contribution in [3.05, 3.63) is 22.6 Å². The van der Waals surface area contributed by atoms with Crippen LogP contribution in [0.1, 0.15) is 18.3 Å². The smallest absolute Gasteiger partial charge is 0.146 e. The van der Waals surface area contributed by atoms with Gasteiger partial charge in [0.25, 0.3) is 0 Å². The minimum absolute atomic E-state index is 0.376. The van der Waals surface area contributed by atoms with Crippen LogP contribution in [0.3, 0.4) is 0 Å². The summed E-state index contributed by atoms with van der Waals surface area (Å²) in [5, 5.41) is 10.2. The van der Waals surface area contributed by atoms with E-state index in [1.165, 1.54) is 0 Å². The van der Waals surface area contributed by atoms with E-state index in [2.05, 4.69) is 39.8 Å². The number of furan rings is 1. The number of rotatable bonds is 3. The van der Waals surface area contributed by atoms with Crippen molar-refractivity contribution in [3.63, 3.8) is 0 Å². The highest BCUT2D eigenvalue weighted by atomic mass is 79.9. The molecule has 0 saturated carbocycles. The Balaban J connectivity index is 1.98. The van der Waals surface area contributed by atoms with Gasteiger partial charge < -0.3 is 19.3 Å². The van der Waals surface area contributed by atoms with Crippen molar-refractivity contribution in [2.24, 2.45) is 0 Å². The summed E-state index contributed by atoms with van der Waals surface area (Å²) in [4.78, 5) is 4.61. The average molecular weight is 303 g/mol. The number of nitrogens with zero attached hydrogens (tertiary/aromatic N) is 2. The van der Waals surface area contributed by atoms with Crippen molar-refractivity contribution in [2.75, 3.05) is 33.7 Å². The van der Waals surface area contributed by atoms with E-state index in [1.54, 1.807) is 6.26 Å². The van der Waals surface area contributed by atoms with E-state index in [0.717, 1.165) is 24.1 Å². The van der Waals surface area contributed by atoms with Gasteiger partial charge in [-0.15, -0.1) is 0 Å².